The van der Waals surface area contributed by atoms with Crippen molar-refractivity contribution >= 4 is 11.8 Å². The van der Waals surface area contributed by atoms with Crippen LogP contribution in [0.25, 0.3) is 0 Å². The average molecular weight is 290 g/mol. The topological polar surface area (TPSA) is 49.4 Å². The fourth-order valence-corrected chi connectivity index (χ4v) is 3.65. The second-order valence-electron chi connectivity index (χ2n) is 7.05. The molecule has 4 nitrogen and oxygen atoms in total. The third-order valence-corrected chi connectivity index (χ3v) is 4.99. The minimum absolute atomic E-state index is 0.0434. The van der Waals surface area contributed by atoms with Crippen LogP contribution in [0.4, 0.5) is 0 Å². The molecule has 0 aromatic carbocycles. The van der Waals surface area contributed by atoms with Crippen molar-refractivity contribution in [3.63, 3.8) is 0 Å². The van der Waals surface area contributed by atoms with E-state index in [9.17, 15) is 9.59 Å². The molecule has 1 N–H and O–H groups in total. The highest BCUT2D eigenvalue weighted by Gasteiger charge is 2.47. The Morgan fingerprint density at radius 1 is 1.33 bits per heavy atom. The highest BCUT2D eigenvalue weighted by Crippen LogP contribution is 2.36. The Bertz CT molecular complexity index is 465. The molecule has 0 aromatic heterocycles. The maximum absolute atomic E-state index is 12.8. The number of hydrogen-bond acceptors (Lipinski definition) is 2. The van der Waals surface area contributed by atoms with Gasteiger partial charge >= 0.3 is 0 Å². The summed E-state index contributed by atoms with van der Waals surface area (Å²) in [5.41, 5.74) is 1.46. The van der Waals surface area contributed by atoms with Gasteiger partial charge in [0.1, 0.15) is 12.1 Å². The number of nitrogens with zero attached hydrogens (tertiary/aromatic N) is 1. The van der Waals surface area contributed by atoms with Crippen LogP contribution in [0.15, 0.2) is 11.6 Å². The zero-order valence-electron chi connectivity index (χ0n) is 13.1. The van der Waals surface area contributed by atoms with Gasteiger partial charge in [-0.2, -0.15) is 0 Å². The molecular weight excluding hydrogens is 264 g/mol. The predicted molar refractivity (Wildman–Crippen MR) is 81.5 cm³/mol. The maximum atomic E-state index is 12.8. The summed E-state index contributed by atoms with van der Waals surface area (Å²) in [6, 6.07) is -0.556. The lowest BCUT2D eigenvalue weighted by Crippen LogP contribution is -2.65. The van der Waals surface area contributed by atoms with Crippen LogP contribution in [0.2, 0.25) is 0 Å². The number of allylic oxidation sites excluding steroid dienone is 1. The molecule has 1 saturated carbocycles. The van der Waals surface area contributed by atoms with Crippen LogP contribution >= 0.6 is 0 Å². The molecule has 3 aliphatic rings. The number of amides is 2. The molecule has 0 aromatic rings. The van der Waals surface area contributed by atoms with Crippen LogP contribution in [0.1, 0.15) is 52.4 Å². The second kappa shape index (κ2) is 5.82. The number of nitrogens with one attached hydrogen (secondary N) is 1. The smallest absolute Gasteiger partial charge is 0.246 e. The van der Waals surface area contributed by atoms with E-state index in [1.807, 2.05) is 18.7 Å². The lowest BCUT2D eigenvalue weighted by atomic mass is 9.95. The third-order valence-electron chi connectivity index (χ3n) is 4.99. The van der Waals surface area contributed by atoms with E-state index < -0.39 is 0 Å². The van der Waals surface area contributed by atoms with Crippen LogP contribution < -0.4 is 5.32 Å². The van der Waals surface area contributed by atoms with Crippen molar-refractivity contribution in [3.8, 4) is 0 Å². The van der Waals surface area contributed by atoms with Gasteiger partial charge in [0, 0.05) is 6.54 Å². The van der Waals surface area contributed by atoms with E-state index in [1.54, 1.807) is 0 Å². The highest BCUT2D eigenvalue weighted by atomic mass is 16.2. The number of carbonyl (C=O) groups is 2. The summed E-state index contributed by atoms with van der Waals surface area (Å²) in [5, 5.41) is 2.97. The van der Waals surface area contributed by atoms with Gasteiger partial charge in [0.05, 0.1) is 0 Å². The fraction of sp³-hybridized carbons (Fsp3) is 0.765. The van der Waals surface area contributed by atoms with Crippen LogP contribution in [-0.4, -0.2) is 35.3 Å². The molecule has 1 saturated heterocycles. The summed E-state index contributed by atoms with van der Waals surface area (Å²) in [4.78, 5) is 27.0. The Hall–Kier alpha value is -1.32. The van der Waals surface area contributed by atoms with Gasteiger partial charge in [-0.1, -0.05) is 25.5 Å². The van der Waals surface area contributed by atoms with Crippen molar-refractivity contribution in [2.24, 2.45) is 11.8 Å². The minimum atomic E-state index is -0.297. The Morgan fingerprint density at radius 2 is 2.10 bits per heavy atom. The number of piperazine rings is 1. The second-order valence-corrected chi connectivity index (χ2v) is 7.05. The number of hydrogen-bond donors (Lipinski definition) is 1. The molecule has 116 valence electrons. The first kappa shape index (κ1) is 14.6. The number of carbonyl (C=O) groups excluding carboxylic acids is 2. The maximum Gasteiger partial charge on any atom is 0.246 e. The molecule has 1 heterocycles. The average Bonchev–Trinajstić information content (AvgIpc) is 3.15. The van der Waals surface area contributed by atoms with Gasteiger partial charge in [0.2, 0.25) is 11.8 Å². The van der Waals surface area contributed by atoms with Crippen molar-refractivity contribution in [3.05, 3.63) is 11.6 Å². The molecule has 2 amide bonds. The monoisotopic (exact) mass is 290 g/mol. The Morgan fingerprint density at radius 3 is 2.67 bits per heavy atom. The van der Waals surface area contributed by atoms with E-state index in [2.05, 4.69) is 11.4 Å². The van der Waals surface area contributed by atoms with E-state index in [0.29, 0.717) is 12.5 Å². The summed E-state index contributed by atoms with van der Waals surface area (Å²) in [6.45, 7) is 4.75. The van der Waals surface area contributed by atoms with Gasteiger partial charge in [-0.25, -0.2) is 0 Å². The molecule has 0 spiro atoms. The molecule has 21 heavy (non-hydrogen) atoms. The minimum Gasteiger partial charge on any atom is -0.342 e. The van der Waals surface area contributed by atoms with Crippen molar-refractivity contribution in [2.45, 2.75) is 64.5 Å². The third kappa shape index (κ3) is 2.99. The van der Waals surface area contributed by atoms with Gasteiger partial charge < -0.3 is 10.2 Å². The number of rotatable bonds is 5. The Kier molecular flexibility index (Phi) is 4.05. The molecule has 3 rings (SSSR count). The van der Waals surface area contributed by atoms with Gasteiger partial charge in [0.25, 0.3) is 0 Å². The molecule has 2 atom stereocenters. The van der Waals surface area contributed by atoms with E-state index in [4.69, 9.17) is 0 Å². The van der Waals surface area contributed by atoms with Crippen LogP contribution in [0.3, 0.4) is 0 Å². The Labute approximate surface area is 127 Å². The van der Waals surface area contributed by atoms with Gasteiger partial charge in [-0.3, -0.25) is 9.59 Å². The first-order chi connectivity index (χ1) is 10.1. The van der Waals surface area contributed by atoms with E-state index in [1.165, 1.54) is 18.4 Å². The standard InChI is InChI=1S/C17H26N2O2/c1-11(2)15-16(20)18-14(13-7-8-13)17(21)19(15)10-9-12-5-3-4-6-12/h5,11,13-15H,3-4,6-10H2,1-2H3,(H,18,20). The quantitative estimate of drug-likeness (QED) is 0.790. The van der Waals surface area contributed by atoms with E-state index >= 15 is 0 Å². The fourth-order valence-electron chi connectivity index (χ4n) is 3.65. The summed E-state index contributed by atoms with van der Waals surface area (Å²) in [5.74, 6) is 0.728. The summed E-state index contributed by atoms with van der Waals surface area (Å²) < 4.78 is 0. The summed E-state index contributed by atoms with van der Waals surface area (Å²) >= 11 is 0. The largest absolute Gasteiger partial charge is 0.342 e. The zero-order chi connectivity index (χ0) is 15.0. The van der Waals surface area contributed by atoms with Crippen molar-refractivity contribution in [2.75, 3.05) is 6.54 Å². The van der Waals surface area contributed by atoms with Crippen LogP contribution in [0.5, 0.6) is 0 Å². The highest BCUT2D eigenvalue weighted by molar-refractivity contribution is 5.97. The molecule has 2 unspecified atom stereocenters. The lowest BCUT2D eigenvalue weighted by Gasteiger charge is -2.41. The molecule has 2 aliphatic carbocycles. The van der Waals surface area contributed by atoms with E-state index in [0.717, 1.165) is 25.7 Å². The predicted octanol–water partition coefficient (Wildman–Crippen LogP) is 2.25. The SMILES string of the molecule is CC(C)C1C(=O)NC(C2CC2)C(=O)N1CCC1=CCCC1. The van der Waals surface area contributed by atoms with Gasteiger partial charge in [-0.15, -0.1) is 0 Å². The van der Waals surface area contributed by atoms with E-state index in [-0.39, 0.29) is 29.8 Å². The van der Waals surface area contributed by atoms with Crippen molar-refractivity contribution in [1.29, 1.82) is 0 Å². The summed E-state index contributed by atoms with van der Waals surface area (Å²) in [6.07, 6.45) is 8.94. The first-order valence-corrected chi connectivity index (χ1v) is 8.36. The zero-order valence-corrected chi connectivity index (χ0v) is 13.1. The molecule has 1 aliphatic heterocycles. The summed E-state index contributed by atoms with van der Waals surface area (Å²) in [7, 11) is 0. The van der Waals surface area contributed by atoms with Crippen LogP contribution in [0, 0.1) is 11.8 Å². The lowest BCUT2D eigenvalue weighted by molar-refractivity contribution is -0.151. The van der Waals surface area contributed by atoms with Crippen LogP contribution in [-0.2, 0) is 9.59 Å². The van der Waals surface area contributed by atoms with Gasteiger partial charge in [0.15, 0.2) is 0 Å². The van der Waals surface area contributed by atoms with Crippen molar-refractivity contribution in [1.82, 2.24) is 10.2 Å². The van der Waals surface area contributed by atoms with Crippen molar-refractivity contribution < 1.29 is 9.59 Å². The first-order valence-electron chi connectivity index (χ1n) is 8.36. The molecular formula is C17H26N2O2. The normalized spacial score (nSPS) is 29.9. The molecule has 2 fully saturated rings. The Balaban J connectivity index is 1.73. The molecule has 4 heteroatoms. The van der Waals surface area contributed by atoms with Gasteiger partial charge in [-0.05, 0) is 50.4 Å². The molecule has 0 bridgehead atoms. The molecule has 0 radical (unpaired) electrons.